The molecular weight excluding hydrogens is 318 g/mol. The number of carbonyl (C=O) groups excluding carboxylic acids is 2. The summed E-state index contributed by atoms with van der Waals surface area (Å²) in [5.74, 6) is 1.33. The number of carbonyl (C=O) groups is 2. The quantitative estimate of drug-likeness (QED) is 0.840. The van der Waals surface area contributed by atoms with Gasteiger partial charge in [0.2, 0.25) is 11.8 Å². The maximum Gasteiger partial charge on any atom is 0.225 e. The smallest absolute Gasteiger partial charge is 0.225 e. The van der Waals surface area contributed by atoms with Gasteiger partial charge in [0.25, 0.3) is 0 Å². The molecule has 25 heavy (non-hydrogen) atoms. The van der Waals surface area contributed by atoms with Crippen LogP contribution in [0.3, 0.4) is 0 Å². The first-order valence-corrected chi connectivity index (χ1v) is 9.39. The topological polar surface area (TPSA) is 66.7 Å². The van der Waals surface area contributed by atoms with E-state index in [1.807, 2.05) is 30.6 Å². The summed E-state index contributed by atoms with van der Waals surface area (Å²) in [5.41, 5.74) is 1.77. The lowest BCUT2D eigenvalue weighted by molar-refractivity contribution is -0.139. The molecule has 0 radical (unpaired) electrons. The SMILES string of the molecule is CCC(C)C(=O)N1CCC2(CCC(=O)N2Cc2c(C)noc2C)CC1. The highest BCUT2D eigenvalue weighted by atomic mass is 16.5. The number of hydrogen-bond donors (Lipinski definition) is 0. The van der Waals surface area contributed by atoms with Crippen LogP contribution in [0, 0.1) is 19.8 Å². The second-order valence-corrected chi connectivity index (χ2v) is 7.64. The average molecular weight is 347 g/mol. The molecule has 0 aliphatic carbocycles. The normalized spacial score (nSPS) is 21.2. The fraction of sp³-hybridized carbons (Fsp3) is 0.737. The fourth-order valence-corrected chi connectivity index (χ4v) is 4.17. The van der Waals surface area contributed by atoms with Crippen molar-refractivity contribution in [2.75, 3.05) is 13.1 Å². The predicted molar refractivity (Wildman–Crippen MR) is 93.8 cm³/mol. The van der Waals surface area contributed by atoms with Gasteiger partial charge in [-0.15, -0.1) is 0 Å². The number of aryl methyl sites for hydroxylation is 2. The number of piperidine rings is 1. The molecule has 0 bridgehead atoms. The standard InChI is InChI=1S/C19H29N3O3/c1-5-13(2)18(24)21-10-8-19(9-11-21)7-6-17(23)22(19)12-16-14(3)20-25-15(16)4/h13H,5-12H2,1-4H3. The first-order chi connectivity index (χ1) is 11.9. The molecular formula is C19H29N3O3. The van der Waals surface area contributed by atoms with E-state index in [1.54, 1.807) is 0 Å². The molecule has 2 fully saturated rings. The highest BCUT2D eigenvalue weighted by Gasteiger charge is 2.47. The molecule has 1 aromatic rings. The zero-order valence-electron chi connectivity index (χ0n) is 15.8. The molecule has 1 aromatic heterocycles. The first kappa shape index (κ1) is 18.0. The van der Waals surface area contributed by atoms with E-state index in [1.165, 1.54) is 0 Å². The van der Waals surface area contributed by atoms with E-state index in [-0.39, 0.29) is 23.3 Å². The lowest BCUT2D eigenvalue weighted by Gasteiger charge is -2.45. The number of rotatable bonds is 4. The Labute approximate surface area is 149 Å². The Bertz CT molecular complexity index is 639. The molecule has 6 nitrogen and oxygen atoms in total. The summed E-state index contributed by atoms with van der Waals surface area (Å²) < 4.78 is 5.26. The second-order valence-electron chi connectivity index (χ2n) is 7.64. The Balaban J connectivity index is 1.73. The minimum atomic E-state index is -0.112. The molecule has 1 unspecified atom stereocenters. The molecule has 1 spiro atoms. The van der Waals surface area contributed by atoms with Crippen LogP contribution >= 0.6 is 0 Å². The molecule has 2 amide bonds. The number of amides is 2. The van der Waals surface area contributed by atoms with Crippen molar-refractivity contribution < 1.29 is 14.1 Å². The van der Waals surface area contributed by atoms with Gasteiger partial charge in [0.05, 0.1) is 12.2 Å². The Morgan fingerprint density at radius 2 is 1.96 bits per heavy atom. The molecule has 3 heterocycles. The van der Waals surface area contributed by atoms with Gasteiger partial charge in [0.15, 0.2) is 0 Å². The van der Waals surface area contributed by atoms with E-state index in [0.29, 0.717) is 13.0 Å². The van der Waals surface area contributed by atoms with Crippen molar-refractivity contribution >= 4 is 11.8 Å². The summed E-state index contributed by atoms with van der Waals surface area (Å²) in [7, 11) is 0. The lowest BCUT2D eigenvalue weighted by atomic mass is 9.84. The Morgan fingerprint density at radius 1 is 1.28 bits per heavy atom. The zero-order valence-corrected chi connectivity index (χ0v) is 15.8. The molecule has 1 atom stereocenters. The van der Waals surface area contributed by atoms with Crippen molar-refractivity contribution in [1.82, 2.24) is 15.0 Å². The van der Waals surface area contributed by atoms with Gasteiger partial charge in [-0.1, -0.05) is 19.0 Å². The molecule has 2 aliphatic rings. The van der Waals surface area contributed by atoms with Crippen LogP contribution in [-0.4, -0.2) is 45.4 Å². The van der Waals surface area contributed by atoms with E-state index in [9.17, 15) is 9.59 Å². The summed E-state index contributed by atoms with van der Waals surface area (Å²) in [4.78, 5) is 29.0. The maximum atomic E-state index is 12.6. The van der Waals surface area contributed by atoms with E-state index < -0.39 is 0 Å². The predicted octanol–water partition coefficient (Wildman–Crippen LogP) is 2.82. The summed E-state index contributed by atoms with van der Waals surface area (Å²) in [6.07, 6.45) is 4.09. The molecule has 0 aromatic carbocycles. The van der Waals surface area contributed by atoms with Gasteiger partial charge >= 0.3 is 0 Å². The largest absolute Gasteiger partial charge is 0.361 e. The highest BCUT2D eigenvalue weighted by Crippen LogP contribution is 2.40. The minimum Gasteiger partial charge on any atom is -0.361 e. The molecule has 6 heteroatoms. The zero-order chi connectivity index (χ0) is 18.2. The van der Waals surface area contributed by atoms with Crippen LogP contribution < -0.4 is 0 Å². The monoisotopic (exact) mass is 347 g/mol. The Morgan fingerprint density at radius 3 is 2.52 bits per heavy atom. The van der Waals surface area contributed by atoms with Crippen molar-refractivity contribution in [2.24, 2.45) is 5.92 Å². The number of aromatic nitrogens is 1. The van der Waals surface area contributed by atoms with Crippen molar-refractivity contribution in [3.8, 4) is 0 Å². The number of nitrogens with zero attached hydrogens (tertiary/aromatic N) is 3. The average Bonchev–Trinajstić information content (AvgIpc) is 3.09. The molecule has 2 saturated heterocycles. The Hall–Kier alpha value is -1.85. The molecule has 0 N–H and O–H groups in total. The summed E-state index contributed by atoms with van der Waals surface area (Å²) in [6.45, 7) is 9.93. The number of likely N-dealkylation sites (tertiary alicyclic amines) is 2. The molecule has 2 aliphatic heterocycles. The lowest BCUT2D eigenvalue weighted by Crippen LogP contribution is -2.54. The van der Waals surface area contributed by atoms with E-state index in [4.69, 9.17) is 4.52 Å². The fourth-order valence-electron chi connectivity index (χ4n) is 4.17. The number of hydrogen-bond acceptors (Lipinski definition) is 4. The second kappa shape index (κ2) is 6.81. The maximum absolute atomic E-state index is 12.6. The van der Waals surface area contributed by atoms with Gasteiger partial charge in [0.1, 0.15) is 5.76 Å². The van der Waals surface area contributed by atoms with Crippen molar-refractivity contribution in [3.63, 3.8) is 0 Å². The van der Waals surface area contributed by atoms with E-state index in [0.717, 1.165) is 55.8 Å². The van der Waals surface area contributed by atoms with Crippen LogP contribution in [0.2, 0.25) is 0 Å². The van der Waals surface area contributed by atoms with Crippen molar-refractivity contribution in [1.29, 1.82) is 0 Å². The van der Waals surface area contributed by atoms with E-state index >= 15 is 0 Å². The summed E-state index contributed by atoms with van der Waals surface area (Å²) in [5, 5.41) is 4.02. The Kier molecular flexibility index (Phi) is 4.89. The van der Waals surface area contributed by atoms with Crippen LogP contribution in [0.5, 0.6) is 0 Å². The molecule has 0 saturated carbocycles. The van der Waals surface area contributed by atoms with Crippen molar-refractivity contribution in [2.45, 2.75) is 71.9 Å². The molecule has 3 rings (SSSR count). The van der Waals surface area contributed by atoms with E-state index in [2.05, 4.69) is 12.1 Å². The highest BCUT2D eigenvalue weighted by molar-refractivity contribution is 5.80. The van der Waals surface area contributed by atoms with Crippen LogP contribution in [-0.2, 0) is 16.1 Å². The van der Waals surface area contributed by atoms with Crippen molar-refractivity contribution in [3.05, 3.63) is 17.0 Å². The van der Waals surface area contributed by atoms with Gasteiger partial charge in [-0.05, 0) is 39.5 Å². The van der Waals surface area contributed by atoms with Crippen LogP contribution in [0.25, 0.3) is 0 Å². The summed E-state index contributed by atoms with van der Waals surface area (Å²) >= 11 is 0. The first-order valence-electron chi connectivity index (χ1n) is 9.39. The third-order valence-corrected chi connectivity index (χ3v) is 6.22. The summed E-state index contributed by atoms with van der Waals surface area (Å²) in [6, 6.07) is 0. The van der Waals surface area contributed by atoms with Crippen LogP contribution in [0.1, 0.15) is 63.0 Å². The van der Waals surface area contributed by atoms with Gasteiger partial charge < -0.3 is 14.3 Å². The van der Waals surface area contributed by atoms with Gasteiger partial charge in [-0.25, -0.2) is 0 Å². The van der Waals surface area contributed by atoms with Crippen LogP contribution in [0.4, 0.5) is 0 Å². The van der Waals surface area contributed by atoms with Gasteiger partial charge in [0, 0.05) is 36.5 Å². The minimum absolute atomic E-state index is 0.0812. The van der Waals surface area contributed by atoms with Crippen LogP contribution in [0.15, 0.2) is 4.52 Å². The van der Waals surface area contributed by atoms with Gasteiger partial charge in [-0.2, -0.15) is 0 Å². The third-order valence-electron chi connectivity index (χ3n) is 6.22. The third kappa shape index (κ3) is 3.18. The van der Waals surface area contributed by atoms with Gasteiger partial charge in [-0.3, -0.25) is 9.59 Å². The molecule has 138 valence electrons.